The van der Waals surface area contributed by atoms with Crippen molar-refractivity contribution in [3.05, 3.63) is 35.0 Å². The zero-order chi connectivity index (χ0) is 22.5. The van der Waals surface area contributed by atoms with E-state index in [1.807, 2.05) is 0 Å². The summed E-state index contributed by atoms with van der Waals surface area (Å²) in [7, 11) is 0. The molecule has 174 valence electrons. The van der Waals surface area contributed by atoms with Crippen molar-refractivity contribution >= 4 is 16.9 Å². The lowest BCUT2D eigenvalue weighted by atomic mass is 9.71. The summed E-state index contributed by atoms with van der Waals surface area (Å²) in [4.78, 5) is 17.8. The number of hydrogen-bond donors (Lipinski definition) is 2. The predicted octanol–water partition coefficient (Wildman–Crippen LogP) is 5.65. The van der Waals surface area contributed by atoms with Crippen molar-refractivity contribution in [1.82, 2.24) is 9.88 Å². The molecule has 0 bridgehead atoms. The molecule has 0 radical (unpaired) electrons. The fourth-order valence-electron chi connectivity index (χ4n) is 6.44. The van der Waals surface area contributed by atoms with Gasteiger partial charge in [-0.05, 0) is 87.2 Å². The molecule has 1 aromatic heterocycles. The van der Waals surface area contributed by atoms with Crippen LogP contribution in [-0.2, 0) is 23.8 Å². The summed E-state index contributed by atoms with van der Waals surface area (Å²) < 4.78 is 39.7. The molecule has 2 aliphatic carbocycles. The largest absolute Gasteiger partial charge is 0.481 e. The van der Waals surface area contributed by atoms with E-state index < -0.39 is 23.1 Å². The number of hydrogen-bond acceptors (Lipinski definition) is 2. The van der Waals surface area contributed by atoms with Crippen LogP contribution in [0.15, 0.2) is 18.2 Å². The van der Waals surface area contributed by atoms with Crippen molar-refractivity contribution in [3.8, 4) is 0 Å². The molecule has 0 spiro atoms. The van der Waals surface area contributed by atoms with Crippen molar-refractivity contribution in [1.29, 1.82) is 0 Å². The number of aromatic nitrogens is 1. The molecule has 1 unspecified atom stereocenters. The van der Waals surface area contributed by atoms with Gasteiger partial charge in [0.1, 0.15) is 0 Å². The van der Waals surface area contributed by atoms with Gasteiger partial charge in [-0.1, -0.05) is 19.3 Å². The maximum Gasteiger partial charge on any atom is 0.416 e. The molecule has 2 fully saturated rings. The highest BCUT2D eigenvalue weighted by molar-refractivity contribution is 5.85. The third-order valence-electron chi connectivity index (χ3n) is 8.40. The second-order valence-electron chi connectivity index (χ2n) is 10.3. The van der Waals surface area contributed by atoms with Crippen molar-refractivity contribution in [2.45, 2.75) is 64.0 Å². The third-order valence-corrected chi connectivity index (χ3v) is 8.40. The molecule has 3 aliphatic rings. The Morgan fingerprint density at radius 1 is 1.16 bits per heavy atom. The number of likely N-dealkylation sites (tertiary alicyclic amines) is 1. The van der Waals surface area contributed by atoms with E-state index in [9.17, 15) is 23.1 Å². The summed E-state index contributed by atoms with van der Waals surface area (Å²) in [6, 6.07) is 4.01. The van der Waals surface area contributed by atoms with Gasteiger partial charge >= 0.3 is 12.1 Å². The Morgan fingerprint density at radius 3 is 2.66 bits per heavy atom. The number of H-pyrrole nitrogens is 1. The molecule has 2 atom stereocenters. The van der Waals surface area contributed by atoms with E-state index in [2.05, 4.69) is 9.88 Å². The molecule has 2 aromatic rings. The Kier molecular flexibility index (Phi) is 5.51. The Hall–Kier alpha value is -2.02. The monoisotopic (exact) mass is 448 g/mol. The summed E-state index contributed by atoms with van der Waals surface area (Å²) in [5, 5.41) is 10.6. The molecule has 5 rings (SSSR count). The molecule has 1 saturated heterocycles. The van der Waals surface area contributed by atoms with Crippen molar-refractivity contribution < 1.29 is 23.1 Å². The number of benzene rings is 1. The molecule has 2 N–H and O–H groups in total. The molecule has 1 saturated carbocycles. The maximum absolute atomic E-state index is 13.2. The van der Waals surface area contributed by atoms with Crippen LogP contribution in [0.4, 0.5) is 13.2 Å². The van der Waals surface area contributed by atoms with Crippen LogP contribution < -0.4 is 0 Å². The summed E-state index contributed by atoms with van der Waals surface area (Å²) in [5.41, 5.74) is 1.77. The van der Waals surface area contributed by atoms with Gasteiger partial charge in [0.25, 0.3) is 0 Å². The van der Waals surface area contributed by atoms with Crippen LogP contribution >= 0.6 is 0 Å². The normalized spacial score (nSPS) is 26.0. The van der Waals surface area contributed by atoms with E-state index in [1.165, 1.54) is 6.07 Å². The lowest BCUT2D eigenvalue weighted by Gasteiger charge is -2.42. The minimum Gasteiger partial charge on any atom is -0.481 e. The summed E-state index contributed by atoms with van der Waals surface area (Å²) in [5.74, 6) is 0.308. The number of halogens is 3. The van der Waals surface area contributed by atoms with Gasteiger partial charge in [-0.25, -0.2) is 0 Å². The first-order valence-corrected chi connectivity index (χ1v) is 11.9. The van der Waals surface area contributed by atoms with E-state index in [-0.39, 0.29) is 0 Å². The fourth-order valence-corrected chi connectivity index (χ4v) is 6.44. The number of alkyl halides is 3. The number of carboxylic acid groups (broad SMARTS) is 1. The average molecular weight is 449 g/mol. The van der Waals surface area contributed by atoms with Gasteiger partial charge in [0.05, 0.1) is 11.0 Å². The quantitative estimate of drug-likeness (QED) is 0.636. The SMILES string of the molecule is O=C(O)C1(CCN2CC[C@@H]3Cc4[nH]c5ccc(C(F)(F)F)cc5c4CC3C2)CCCCC1. The summed E-state index contributed by atoms with van der Waals surface area (Å²) >= 11 is 0. The number of aliphatic carboxylic acids is 1. The highest BCUT2D eigenvalue weighted by atomic mass is 19.4. The minimum absolute atomic E-state index is 0.414. The van der Waals surface area contributed by atoms with E-state index in [1.54, 1.807) is 6.07 Å². The lowest BCUT2D eigenvalue weighted by Crippen LogP contribution is -2.46. The number of rotatable bonds is 4. The minimum atomic E-state index is -4.34. The fraction of sp³-hybridized carbons (Fsp3) is 0.640. The first-order chi connectivity index (χ1) is 15.2. The first-order valence-electron chi connectivity index (χ1n) is 11.9. The topological polar surface area (TPSA) is 56.3 Å². The second kappa shape index (κ2) is 8.08. The Balaban J connectivity index is 1.30. The van der Waals surface area contributed by atoms with Crippen LogP contribution in [0, 0.1) is 17.3 Å². The van der Waals surface area contributed by atoms with E-state index in [0.29, 0.717) is 23.6 Å². The molecule has 0 amide bonds. The smallest absolute Gasteiger partial charge is 0.416 e. The number of piperidine rings is 1. The molecule has 2 heterocycles. The average Bonchev–Trinajstić information content (AvgIpc) is 3.12. The van der Waals surface area contributed by atoms with Gasteiger partial charge in [0.15, 0.2) is 0 Å². The summed E-state index contributed by atoms with van der Waals surface area (Å²) in [6.45, 7) is 2.69. The Labute approximate surface area is 186 Å². The number of aromatic amines is 1. The van der Waals surface area contributed by atoms with E-state index in [0.717, 1.165) is 93.8 Å². The number of nitrogens with one attached hydrogen (secondary N) is 1. The van der Waals surface area contributed by atoms with E-state index in [4.69, 9.17) is 0 Å². The van der Waals surface area contributed by atoms with Gasteiger partial charge in [0.2, 0.25) is 0 Å². The number of nitrogens with zero attached hydrogens (tertiary/aromatic N) is 1. The summed E-state index contributed by atoms with van der Waals surface area (Å²) in [6.07, 6.45) is 3.80. The van der Waals surface area contributed by atoms with Gasteiger partial charge in [-0.15, -0.1) is 0 Å². The van der Waals surface area contributed by atoms with Gasteiger partial charge in [0, 0.05) is 23.1 Å². The zero-order valence-electron chi connectivity index (χ0n) is 18.3. The van der Waals surface area contributed by atoms with Crippen molar-refractivity contribution in [2.24, 2.45) is 17.3 Å². The maximum atomic E-state index is 13.2. The first kappa shape index (κ1) is 21.8. The standard InChI is InChI=1S/C25H31F3N2O2/c26-25(27,28)18-4-5-21-20(14-18)19-12-17-15-30(10-6-16(17)13-22(19)29-21)11-9-24(23(31)32)7-2-1-3-8-24/h4-5,14,16-17,29H,1-3,6-13,15H2,(H,31,32)/t16-,17?/m1/s1. The van der Waals surface area contributed by atoms with Crippen LogP contribution in [0.3, 0.4) is 0 Å². The highest BCUT2D eigenvalue weighted by Crippen LogP contribution is 2.42. The molecular formula is C25H31F3N2O2. The van der Waals surface area contributed by atoms with Gasteiger partial charge < -0.3 is 15.0 Å². The van der Waals surface area contributed by atoms with Crippen molar-refractivity contribution in [3.63, 3.8) is 0 Å². The Morgan fingerprint density at radius 2 is 1.94 bits per heavy atom. The Bertz CT molecular complexity index is 1010. The van der Waals surface area contributed by atoms with Crippen molar-refractivity contribution in [2.75, 3.05) is 19.6 Å². The van der Waals surface area contributed by atoms with Gasteiger partial charge in [-0.3, -0.25) is 4.79 Å². The van der Waals surface area contributed by atoms with Crippen LogP contribution in [0.5, 0.6) is 0 Å². The van der Waals surface area contributed by atoms with Crippen LogP contribution in [-0.4, -0.2) is 40.6 Å². The molecule has 1 aromatic carbocycles. The zero-order valence-corrected chi connectivity index (χ0v) is 18.3. The molecule has 7 heteroatoms. The predicted molar refractivity (Wildman–Crippen MR) is 117 cm³/mol. The van der Waals surface area contributed by atoms with E-state index >= 15 is 0 Å². The van der Waals surface area contributed by atoms with Crippen LogP contribution in [0.1, 0.15) is 61.8 Å². The second-order valence-corrected chi connectivity index (χ2v) is 10.3. The van der Waals surface area contributed by atoms with Crippen LogP contribution in [0.25, 0.3) is 10.9 Å². The van der Waals surface area contributed by atoms with Crippen LogP contribution in [0.2, 0.25) is 0 Å². The number of carboxylic acids is 1. The highest BCUT2D eigenvalue weighted by Gasteiger charge is 2.41. The molecule has 32 heavy (non-hydrogen) atoms. The molecule has 1 aliphatic heterocycles. The molecule has 4 nitrogen and oxygen atoms in total. The van der Waals surface area contributed by atoms with Gasteiger partial charge in [-0.2, -0.15) is 13.2 Å². The number of carbonyl (C=O) groups is 1. The lowest BCUT2D eigenvalue weighted by molar-refractivity contribution is -0.152. The number of fused-ring (bicyclic) bond motifs is 4. The third kappa shape index (κ3) is 3.93. The molecular weight excluding hydrogens is 417 g/mol.